The third-order valence-electron chi connectivity index (χ3n) is 4.33. The fourth-order valence-corrected chi connectivity index (χ4v) is 3.18. The molecule has 0 aliphatic carbocycles. The van der Waals surface area contributed by atoms with E-state index in [4.69, 9.17) is 0 Å². The van der Waals surface area contributed by atoms with Crippen LogP contribution in [-0.4, -0.2) is 65.0 Å². The van der Waals surface area contributed by atoms with Crippen LogP contribution in [0.1, 0.15) is 38.5 Å². The number of likely N-dealkylation sites (tertiary alicyclic amines) is 2. The molecule has 2 heterocycles. The zero-order valence-electron chi connectivity index (χ0n) is 12.4. The second-order valence-corrected chi connectivity index (χ2v) is 5.65. The maximum absolute atomic E-state index is 12.7. The van der Waals surface area contributed by atoms with Crippen molar-refractivity contribution >= 4 is 17.9 Å². The molecule has 2 aliphatic heterocycles. The molecule has 0 aromatic rings. The molecule has 0 aromatic carbocycles. The summed E-state index contributed by atoms with van der Waals surface area (Å²) >= 11 is 0. The van der Waals surface area contributed by atoms with Crippen LogP contribution < -0.4 is 5.32 Å². The molecule has 0 spiro atoms. The van der Waals surface area contributed by atoms with E-state index >= 15 is 0 Å². The van der Waals surface area contributed by atoms with Gasteiger partial charge in [0.15, 0.2) is 0 Å². The molecular weight excluding hydrogens is 274 g/mol. The van der Waals surface area contributed by atoms with Crippen molar-refractivity contribution in [3.63, 3.8) is 0 Å². The highest BCUT2D eigenvalue weighted by Crippen LogP contribution is 2.23. The standard InChI is InChI=1S/C14H23N3O4/c1-15-12(18)10-6-2-4-8-16(10)14(21)17-9-5-3-7-11(17)13(19)20/h10-11H,2-9H2,1H3,(H,15,18)(H,19,20). The van der Waals surface area contributed by atoms with Gasteiger partial charge in [0.25, 0.3) is 0 Å². The van der Waals surface area contributed by atoms with Crippen molar-refractivity contribution in [1.82, 2.24) is 15.1 Å². The number of rotatable bonds is 2. The van der Waals surface area contributed by atoms with Crippen molar-refractivity contribution in [2.75, 3.05) is 20.1 Å². The number of nitrogens with one attached hydrogen (secondary N) is 1. The minimum atomic E-state index is -0.962. The lowest BCUT2D eigenvalue weighted by Crippen LogP contribution is -2.59. The molecule has 7 heteroatoms. The van der Waals surface area contributed by atoms with E-state index in [0.717, 1.165) is 25.7 Å². The average molecular weight is 297 g/mol. The van der Waals surface area contributed by atoms with Gasteiger partial charge in [0.05, 0.1) is 0 Å². The van der Waals surface area contributed by atoms with E-state index in [1.165, 1.54) is 4.90 Å². The molecule has 2 N–H and O–H groups in total. The van der Waals surface area contributed by atoms with Gasteiger partial charge in [-0.05, 0) is 38.5 Å². The SMILES string of the molecule is CNC(=O)C1CCCCN1C(=O)N1CCCCC1C(=O)O. The van der Waals surface area contributed by atoms with E-state index in [1.807, 2.05) is 0 Å². The second-order valence-electron chi connectivity index (χ2n) is 5.65. The Bertz CT molecular complexity index is 426. The van der Waals surface area contributed by atoms with Crippen LogP contribution in [-0.2, 0) is 9.59 Å². The molecule has 118 valence electrons. The zero-order valence-corrected chi connectivity index (χ0v) is 12.4. The number of carboxylic acids is 1. The molecule has 0 bridgehead atoms. The number of likely N-dealkylation sites (N-methyl/N-ethyl adjacent to an activating group) is 1. The average Bonchev–Trinajstić information content (AvgIpc) is 2.53. The maximum Gasteiger partial charge on any atom is 0.326 e. The van der Waals surface area contributed by atoms with E-state index in [9.17, 15) is 19.5 Å². The molecule has 2 rings (SSSR count). The summed E-state index contributed by atoms with van der Waals surface area (Å²) < 4.78 is 0. The molecule has 7 nitrogen and oxygen atoms in total. The van der Waals surface area contributed by atoms with Crippen LogP contribution >= 0.6 is 0 Å². The van der Waals surface area contributed by atoms with Crippen LogP contribution in [0.25, 0.3) is 0 Å². The summed E-state index contributed by atoms with van der Waals surface area (Å²) in [6.07, 6.45) is 4.51. The lowest BCUT2D eigenvalue weighted by molar-refractivity contribution is -0.143. The van der Waals surface area contributed by atoms with Gasteiger partial charge in [0, 0.05) is 20.1 Å². The Labute approximate surface area is 124 Å². The first kappa shape index (κ1) is 15.6. The lowest BCUT2D eigenvalue weighted by atomic mass is 10.00. The molecule has 2 atom stereocenters. The number of aliphatic carboxylic acids is 1. The molecule has 2 unspecified atom stereocenters. The van der Waals surface area contributed by atoms with Crippen molar-refractivity contribution in [3.05, 3.63) is 0 Å². The van der Waals surface area contributed by atoms with Crippen LogP contribution in [0.2, 0.25) is 0 Å². The summed E-state index contributed by atoms with van der Waals surface area (Å²) in [6.45, 7) is 0.965. The molecule has 2 aliphatic rings. The molecular formula is C14H23N3O4. The summed E-state index contributed by atoms with van der Waals surface area (Å²) in [6, 6.07) is -1.55. The Morgan fingerprint density at radius 1 is 0.952 bits per heavy atom. The quantitative estimate of drug-likeness (QED) is 0.783. The van der Waals surface area contributed by atoms with Gasteiger partial charge in [-0.1, -0.05) is 0 Å². The number of hydrogen-bond acceptors (Lipinski definition) is 3. The van der Waals surface area contributed by atoms with Gasteiger partial charge >= 0.3 is 12.0 Å². The monoisotopic (exact) mass is 297 g/mol. The molecule has 0 radical (unpaired) electrons. The molecule has 21 heavy (non-hydrogen) atoms. The highest BCUT2D eigenvalue weighted by atomic mass is 16.4. The molecule has 2 saturated heterocycles. The first-order valence-corrected chi connectivity index (χ1v) is 7.58. The predicted molar refractivity (Wildman–Crippen MR) is 75.8 cm³/mol. The largest absolute Gasteiger partial charge is 0.480 e. The third kappa shape index (κ3) is 3.28. The van der Waals surface area contributed by atoms with Crippen molar-refractivity contribution in [3.8, 4) is 0 Å². The Kier molecular flexibility index (Phi) is 5.03. The van der Waals surface area contributed by atoms with Gasteiger partial charge in [-0.3, -0.25) is 4.79 Å². The Morgan fingerprint density at radius 2 is 1.48 bits per heavy atom. The van der Waals surface area contributed by atoms with E-state index < -0.39 is 18.1 Å². The smallest absolute Gasteiger partial charge is 0.326 e. The number of urea groups is 1. The van der Waals surface area contributed by atoms with E-state index in [-0.39, 0.29) is 11.9 Å². The Hall–Kier alpha value is -1.79. The Morgan fingerprint density at radius 3 is 2.00 bits per heavy atom. The van der Waals surface area contributed by atoms with Gasteiger partial charge in [-0.2, -0.15) is 0 Å². The Balaban J connectivity index is 2.15. The van der Waals surface area contributed by atoms with Crippen LogP contribution in [0.3, 0.4) is 0 Å². The normalized spacial score (nSPS) is 26.3. The van der Waals surface area contributed by atoms with Crippen molar-refractivity contribution in [1.29, 1.82) is 0 Å². The minimum Gasteiger partial charge on any atom is -0.480 e. The van der Waals surface area contributed by atoms with E-state index in [2.05, 4.69) is 5.32 Å². The lowest BCUT2D eigenvalue weighted by Gasteiger charge is -2.41. The number of amides is 3. The molecule has 2 fully saturated rings. The minimum absolute atomic E-state index is 0.174. The fraction of sp³-hybridized carbons (Fsp3) is 0.786. The van der Waals surface area contributed by atoms with Gasteiger partial charge in [0.2, 0.25) is 5.91 Å². The van der Waals surface area contributed by atoms with Gasteiger partial charge in [0.1, 0.15) is 12.1 Å². The van der Waals surface area contributed by atoms with E-state index in [0.29, 0.717) is 25.9 Å². The summed E-state index contributed by atoms with van der Waals surface area (Å²) in [5.74, 6) is -1.14. The van der Waals surface area contributed by atoms with Crippen LogP contribution in [0, 0.1) is 0 Å². The third-order valence-corrected chi connectivity index (χ3v) is 4.33. The summed E-state index contributed by atoms with van der Waals surface area (Å²) in [4.78, 5) is 38.9. The summed E-state index contributed by atoms with van der Waals surface area (Å²) in [7, 11) is 1.56. The first-order chi connectivity index (χ1) is 10.1. The number of hydrogen-bond donors (Lipinski definition) is 2. The molecule has 0 saturated carbocycles. The van der Waals surface area contributed by atoms with E-state index in [1.54, 1.807) is 11.9 Å². The number of piperidine rings is 2. The molecule has 0 aromatic heterocycles. The number of nitrogens with zero attached hydrogens (tertiary/aromatic N) is 2. The summed E-state index contributed by atoms with van der Waals surface area (Å²) in [5, 5.41) is 11.9. The fourth-order valence-electron chi connectivity index (χ4n) is 3.18. The highest BCUT2D eigenvalue weighted by Gasteiger charge is 2.39. The van der Waals surface area contributed by atoms with Gasteiger partial charge in [-0.15, -0.1) is 0 Å². The first-order valence-electron chi connectivity index (χ1n) is 7.58. The second kappa shape index (κ2) is 6.78. The van der Waals surface area contributed by atoms with Crippen molar-refractivity contribution < 1.29 is 19.5 Å². The summed E-state index contributed by atoms with van der Waals surface area (Å²) in [5.41, 5.74) is 0. The number of carbonyl (C=O) groups excluding carboxylic acids is 2. The topological polar surface area (TPSA) is 90.0 Å². The predicted octanol–water partition coefficient (Wildman–Crippen LogP) is 0.646. The van der Waals surface area contributed by atoms with Crippen molar-refractivity contribution in [2.24, 2.45) is 0 Å². The van der Waals surface area contributed by atoms with Crippen LogP contribution in [0.4, 0.5) is 4.79 Å². The zero-order chi connectivity index (χ0) is 15.4. The maximum atomic E-state index is 12.7. The van der Waals surface area contributed by atoms with Gasteiger partial charge in [-0.25, -0.2) is 9.59 Å². The van der Waals surface area contributed by atoms with Crippen molar-refractivity contribution in [2.45, 2.75) is 50.6 Å². The number of carboxylic acid groups (broad SMARTS) is 1. The number of carbonyl (C=O) groups is 3. The van der Waals surface area contributed by atoms with Crippen LogP contribution in [0.5, 0.6) is 0 Å². The van der Waals surface area contributed by atoms with Crippen LogP contribution in [0.15, 0.2) is 0 Å². The molecule has 3 amide bonds. The van der Waals surface area contributed by atoms with Gasteiger partial charge < -0.3 is 20.2 Å². The highest BCUT2D eigenvalue weighted by molar-refractivity contribution is 5.89.